The van der Waals surface area contributed by atoms with Gasteiger partial charge in [-0.05, 0) is 5.92 Å². The van der Waals surface area contributed by atoms with Crippen LogP contribution in [0.15, 0.2) is 4.42 Å². The molecule has 0 spiro atoms. The Morgan fingerprint density at radius 1 is 1.32 bits per heavy atom. The molecule has 9 heteroatoms. The first-order valence-corrected chi connectivity index (χ1v) is 5.49. The van der Waals surface area contributed by atoms with Gasteiger partial charge in [0, 0.05) is 19.8 Å². The van der Waals surface area contributed by atoms with Gasteiger partial charge >= 0.3 is 18.0 Å². The summed E-state index contributed by atoms with van der Waals surface area (Å²) in [4.78, 5) is 33.2. The lowest BCUT2D eigenvalue weighted by Crippen LogP contribution is -2.35. The molecule has 0 aromatic carbocycles. The van der Waals surface area contributed by atoms with Crippen molar-refractivity contribution in [1.82, 2.24) is 15.5 Å². The van der Waals surface area contributed by atoms with E-state index in [2.05, 4.69) is 15.5 Å². The fourth-order valence-corrected chi connectivity index (χ4v) is 1.34. The molecule has 1 aromatic heterocycles. The summed E-state index contributed by atoms with van der Waals surface area (Å²) in [6.45, 7) is 3.15. The van der Waals surface area contributed by atoms with Crippen LogP contribution in [-0.2, 0) is 9.59 Å². The second kappa shape index (κ2) is 6.47. The van der Waals surface area contributed by atoms with Crippen molar-refractivity contribution < 1.29 is 23.9 Å². The van der Waals surface area contributed by atoms with Crippen molar-refractivity contribution in [3.8, 4) is 0 Å². The van der Waals surface area contributed by atoms with Gasteiger partial charge in [0.15, 0.2) is 0 Å². The van der Waals surface area contributed by atoms with Crippen molar-refractivity contribution >= 4 is 23.9 Å². The molecule has 0 radical (unpaired) electrons. The molecule has 0 fully saturated rings. The molecule has 3 amide bonds. The number of urea groups is 1. The smallest absolute Gasteiger partial charge is 0.329 e. The minimum Gasteiger partial charge on any atom is -0.481 e. The minimum atomic E-state index is -0.994. The summed E-state index contributed by atoms with van der Waals surface area (Å²) in [6.07, 6.45) is -0.208. The number of aromatic nitrogens is 2. The number of carbonyl (C=O) groups is 3. The van der Waals surface area contributed by atoms with Gasteiger partial charge in [0.1, 0.15) is 0 Å². The van der Waals surface area contributed by atoms with E-state index < -0.39 is 17.9 Å². The van der Waals surface area contributed by atoms with E-state index in [1.165, 1.54) is 0 Å². The lowest BCUT2D eigenvalue weighted by atomic mass is 10.0. The lowest BCUT2D eigenvalue weighted by molar-refractivity contribution is -0.138. The molecule has 104 valence electrons. The topological polar surface area (TPSA) is 134 Å². The van der Waals surface area contributed by atoms with Crippen molar-refractivity contribution in [2.45, 2.75) is 26.7 Å². The third kappa shape index (κ3) is 5.61. The minimum absolute atomic E-state index is 0.0669. The zero-order chi connectivity index (χ0) is 14.4. The van der Waals surface area contributed by atoms with Crippen LogP contribution in [0, 0.1) is 12.8 Å². The van der Waals surface area contributed by atoms with Crippen LogP contribution in [0.1, 0.15) is 25.7 Å². The fourth-order valence-electron chi connectivity index (χ4n) is 1.34. The Hall–Kier alpha value is -2.45. The van der Waals surface area contributed by atoms with Gasteiger partial charge in [-0.25, -0.2) is 4.79 Å². The standard InChI is InChI=1S/C10H14N4O5/c1-5(4-8(16)17)3-7(15)11-9(18)12-10-14-13-6(2)19-10/h5H,3-4H2,1-2H3,(H,16,17)(H2,11,12,14,15,18). The van der Waals surface area contributed by atoms with Crippen LogP contribution >= 0.6 is 0 Å². The Balaban J connectivity index is 2.35. The van der Waals surface area contributed by atoms with Gasteiger partial charge in [-0.3, -0.25) is 20.2 Å². The molecule has 0 aliphatic rings. The number of amides is 3. The number of carboxylic acids is 1. The number of imide groups is 1. The van der Waals surface area contributed by atoms with Crippen molar-refractivity contribution in [3.05, 3.63) is 5.89 Å². The van der Waals surface area contributed by atoms with E-state index in [9.17, 15) is 14.4 Å². The highest BCUT2D eigenvalue weighted by Gasteiger charge is 2.15. The molecular formula is C10H14N4O5. The van der Waals surface area contributed by atoms with Crippen molar-refractivity contribution in [3.63, 3.8) is 0 Å². The van der Waals surface area contributed by atoms with Gasteiger partial charge in [0.2, 0.25) is 11.8 Å². The molecule has 3 N–H and O–H groups in total. The number of carbonyl (C=O) groups excluding carboxylic acids is 2. The van der Waals surface area contributed by atoms with E-state index in [1.54, 1.807) is 13.8 Å². The molecule has 0 saturated carbocycles. The Morgan fingerprint density at radius 2 is 2.00 bits per heavy atom. The third-order valence-electron chi connectivity index (χ3n) is 2.06. The van der Waals surface area contributed by atoms with E-state index >= 15 is 0 Å². The van der Waals surface area contributed by atoms with E-state index in [0.717, 1.165) is 0 Å². The van der Waals surface area contributed by atoms with Gasteiger partial charge in [-0.15, -0.1) is 5.10 Å². The average molecular weight is 270 g/mol. The highest BCUT2D eigenvalue weighted by atomic mass is 16.4. The first-order valence-electron chi connectivity index (χ1n) is 5.49. The largest absolute Gasteiger partial charge is 0.481 e. The maximum absolute atomic E-state index is 11.4. The van der Waals surface area contributed by atoms with Crippen LogP contribution in [-0.4, -0.2) is 33.2 Å². The molecule has 19 heavy (non-hydrogen) atoms. The maximum atomic E-state index is 11.4. The monoisotopic (exact) mass is 270 g/mol. The molecule has 1 heterocycles. The summed E-state index contributed by atoms with van der Waals surface area (Å²) in [5, 5.41) is 19.8. The van der Waals surface area contributed by atoms with Crippen LogP contribution in [0.3, 0.4) is 0 Å². The second-order valence-electron chi connectivity index (χ2n) is 4.04. The molecular weight excluding hydrogens is 256 g/mol. The summed E-state index contributed by atoms with van der Waals surface area (Å²) in [7, 11) is 0. The van der Waals surface area contributed by atoms with Crippen molar-refractivity contribution in [2.75, 3.05) is 5.32 Å². The Kier molecular flexibility index (Phi) is 4.98. The number of carboxylic acid groups (broad SMARTS) is 1. The molecule has 1 unspecified atom stereocenters. The number of nitrogens with one attached hydrogen (secondary N) is 2. The summed E-state index contributed by atoms with van der Waals surface area (Å²) >= 11 is 0. The Labute approximate surface area is 108 Å². The first-order chi connectivity index (χ1) is 8.86. The number of nitrogens with zero attached hydrogens (tertiary/aromatic N) is 2. The summed E-state index contributed by atoms with van der Waals surface area (Å²) in [5.41, 5.74) is 0. The molecule has 0 aliphatic carbocycles. The van der Waals surface area contributed by atoms with Gasteiger partial charge < -0.3 is 9.52 Å². The normalized spacial score (nSPS) is 11.7. The SMILES string of the molecule is Cc1nnc(NC(=O)NC(=O)CC(C)CC(=O)O)o1. The van der Waals surface area contributed by atoms with E-state index in [1.807, 2.05) is 5.32 Å². The van der Waals surface area contributed by atoms with Gasteiger partial charge in [-0.2, -0.15) is 0 Å². The summed E-state index contributed by atoms with van der Waals surface area (Å²) in [5.74, 6) is -1.67. The van der Waals surface area contributed by atoms with E-state index in [-0.39, 0.29) is 30.7 Å². The molecule has 1 aromatic rings. The molecule has 1 rings (SSSR count). The van der Waals surface area contributed by atoms with Crippen molar-refractivity contribution in [1.29, 1.82) is 0 Å². The zero-order valence-electron chi connectivity index (χ0n) is 10.5. The predicted molar refractivity (Wildman–Crippen MR) is 62.2 cm³/mol. The zero-order valence-corrected chi connectivity index (χ0v) is 10.5. The molecule has 9 nitrogen and oxygen atoms in total. The highest BCUT2D eigenvalue weighted by molar-refractivity contribution is 6.00. The molecule has 0 aliphatic heterocycles. The van der Waals surface area contributed by atoms with Gasteiger partial charge in [0.25, 0.3) is 0 Å². The van der Waals surface area contributed by atoms with E-state index in [4.69, 9.17) is 9.52 Å². The van der Waals surface area contributed by atoms with Crippen LogP contribution in [0.4, 0.5) is 10.8 Å². The fraction of sp³-hybridized carbons (Fsp3) is 0.500. The van der Waals surface area contributed by atoms with E-state index in [0.29, 0.717) is 0 Å². The van der Waals surface area contributed by atoms with Crippen LogP contribution in [0.5, 0.6) is 0 Å². The molecule has 0 bridgehead atoms. The first kappa shape index (κ1) is 14.6. The summed E-state index contributed by atoms with van der Waals surface area (Å²) < 4.78 is 4.89. The van der Waals surface area contributed by atoms with Gasteiger partial charge in [0.05, 0.1) is 0 Å². The Bertz CT molecular complexity index is 484. The summed E-state index contributed by atoms with van der Waals surface area (Å²) in [6, 6.07) is -0.933. The number of aliphatic carboxylic acids is 1. The highest BCUT2D eigenvalue weighted by Crippen LogP contribution is 2.07. The lowest BCUT2D eigenvalue weighted by Gasteiger charge is -2.08. The number of hydrogen-bond acceptors (Lipinski definition) is 6. The number of anilines is 1. The number of aryl methyl sites for hydroxylation is 1. The maximum Gasteiger partial charge on any atom is 0.329 e. The van der Waals surface area contributed by atoms with Crippen LogP contribution in [0.25, 0.3) is 0 Å². The Morgan fingerprint density at radius 3 is 2.53 bits per heavy atom. The number of hydrogen-bond donors (Lipinski definition) is 3. The molecule has 0 saturated heterocycles. The van der Waals surface area contributed by atoms with Crippen LogP contribution in [0.2, 0.25) is 0 Å². The second-order valence-corrected chi connectivity index (χ2v) is 4.04. The van der Waals surface area contributed by atoms with Crippen LogP contribution < -0.4 is 10.6 Å². The molecule has 1 atom stereocenters. The van der Waals surface area contributed by atoms with Gasteiger partial charge in [-0.1, -0.05) is 12.0 Å². The predicted octanol–water partition coefficient (Wildman–Crippen LogP) is 0.527. The average Bonchev–Trinajstić information content (AvgIpc) is 2.61. The number of rotatable bonds is 5. The third-order valence-corrected chi connectivity index (χ3v) is 2.06. The van der Waals surface area contributed by atoms with Crippen molar-refractivity contribution in [2.24, 2.45) is 5.92 Å². The quantitative estimate of drug-likeness (QED) is 0.710.